The van der Waals surface area contributed by atoms with E-state index in [4.69, 9.17) is 18.9 Å². The topological polar surface area (TPSA) is 228 Å². The summed E-state index contributed by atoms with van der Waals surface area (Å²) in [5.41, 5.74) is 0. The van der Waals surface area contributed by atoms with Crippen LogP contribution in [-0.2, 0) is 23.7 Å². The maximum Gasteiger partial charge on any atom is 0.220 e. The maximum absolute atomic E-state index is 13.0. The van der Waals surface area contributed by atoms with Gasteiger partial charge < -0.3 is 65.1 Å². The number of rotatable bonds is 40. The van der Waals surface area contributed by atoms with Crippen molar-refractivity contribution >= 4 is 5.91 Å². The third kappa shape index (κ3) is 25.7. The molecule has 0 aliphatic carbocycles. The fourth-order valence-electron chi connectivity index (χ4n) is 8.54. The van der Waals surface area contributed by atoms with Gasteiger partial charge in [0.1, 0.15) is 48.8 Å². The largest absolute Gasteiger partial charge is 0.394 e. The molecule has 0 aromatic carbocycles. The summed E-state index contributed by atoms with van der Waals surface area (Å²) in [6.45, 7) is 2.65. The van der Waals surface area contributed by atoms with Crippen molar-refractivity contribution in [1.29, 1.82) is 0 Å². The minimum Gasteiger partial charge on any atom is -0.394 e. The van der Waals surface area contributed by atoms with Gasteiger partial charge in [-0.05, 0) is 51.4 Å². The first-order chi connectivity index (χ1) is 32.1. The third-order valence-corrected chi connectivity index (χ3v) is 12.9. The van der Waals surface area contributed by atoms with Gasteiger partial charge in [0.25, 0.3) is 0 Å². The van der Waals surface area contributed by atoms with Crippen molar-refractivity contribution in [2.45, 2.75) is 267 Å². The Bertz CT molecular complexity index is 1250. The van der Waals surface area contributed by atoms with Crippen LogP contribution < -0.4 is 5.32 Å². The number of unbranched alkanes of at least 4 members (excludes halogenated alkanes) is 21. The molecule has 0 bridgehead atoms. The van der Waals surface area contributed by atoms with Gasteiger partial charge in [0, 0.05) is 6.42 Å². The maximum atomic E-state index is 13.0. The average Bonchev–Trinajstić information content (AvgIpc) is 3.31. The van der Waals surface area contributed by atoms with E-state index in [1.165, 1.54) is 109 Å². The Morgan fingerprint density at radius 1 is 0.545 bits per heavy atom. The Morgan fingerprint density at radius 3 is 1.53 bits per heavy atom. The van der Waals surface area contributed by atoms with Crippen LogP contribution in [0, 0.1) is 0 Å². The van der Waals surface area contributed by atoms with Crippen LogP contribution in [0.4, 0.5) is 0 Å². The lowest BCUT2D eigenvalue weighted by molar-refractivity contribution is -0.359. The zero-order chi connectivity index (χ0) is 48.2. The molecule has 2 heterocycles. The zero-order valence-electron chi connectivity index (χ0n) is 40.9. The van der Waals surface area contributed by atoms with Crippen LogP contribution in [0.15, 0.2) is 36.5 Å². The predicted octanol–water partition coefficient (Wildman–Crippen LogP) is 7.10. The van der Waals surface area contributed by atoms with Gasteiger partial charge in [0.05, 0.1) is 32.0 Å². The highest BCUT2D eigenvalue weighted by Gasteiger charge is 2.51. The molecule has 0 aromatic rings. The van der Waals surface area contributed by atoms with Crippen molar-refractivity contribution in [3.05, 3.63) is 36.5 Å². The Kier molecular flexibility index (Phi) is 35.6. The molecule has 66 heavy (non-hydrogen) atoms. The summed E-state index contributed by atoms with van der Waals surface area (Å²) in [7, 11) is 0. The van der Waals surface area contributed by atoms with Crippen LogP contribution in [0.25, 0.3) is 0 Å². The average molecular weight is 942 g/mol. The standard InChI is InChI=1S/C52H95NO13/c1-3-5-7-8-9-10-11-12-13-14-15-16-17-18-19-20-21-22-23-24-25-26-27-28-29-30-31-32-34-36-44(57)53-40(41(56)35-33-6-4-2)39-63-51-49(62)47(60)50(43(38-55)65-51)66-52-48(61)46(59)45(58)42(37-54)64-52/h11-12,14-15,17-18,40-43,45-52,54-56,58-62H,3-10,13,16,19-39H2,1-2H3,(H,53,57)/b12-11-,15-14-,18-17-. The number of amides is 1. The molecule has 14 heteroatoms. The molecule has 9 N–H and O–H groups in total. The van der Waals surface area contributed by atoms with Gasteiger partial charge in [-0.2, -0.15) is 0 Å². The normalized spacial score (nSPS) is 27.1. The quantitative estimate of drug-likeness (QED) is 0.0221. The van der Waals surface area contributed by atoms with Gasteiger partial charge in [-0.15, -0.1) is 0 Å². The van der Waals surface area contributed by atoms with Gasteiger partial charge in [-0.1, -0.05) is 172 Å². The number of allylic oxidation sites excluding steroid dienone is 6. The Labute approximate surface area is 398 Å². The summed E-state index contributed by atoms with van der Waals surface area (Å²) in [5.74, 6) is -0.220. The number of ether oxygens (including phenoxy) is 4. The lowest BCUT2D eigenvalue weighted by Gasteiger charge is -2.46. The van der Waals surface area contributed by atoms with Gasteiger partial charge in [0.15, 0.2) is 12.6 Å². The molecule has 0 saturated carbocycles. The van der Waals surface area contributed by atoms with Crippen LogP contribution in [0.3, 0.4) is 0 Å². The predicted molar refractivity (Wildman–Crippen MR) is 258 cm³/mol. The summed E-state index contributed by atoms with van der Waals surface area (Å²) in [6, 6.07) is -0.824. The van der Waals surface area contributed by atoms with Crippen molar-refractivity contribution in [1.82, 2.24) is 5.32 Å². The first-order valence-electron chi connectivity index (χ1n) is 26.2. The molecule has 2 saturated heterocycles. The highest BCUT2D eigenvalue weighted by atomic mass is 16.7. The Balaban J connectivity index is 1.56. The van der Waals surface area contributed by atoms with E-state index in [1.807, 2.05) is 0 Å². The summed E-state index contributed by atoms with van der Waals surface area (Å²) in [5, 5.41) is 86.0. The van der Waals surface area contributed by atoms with E-state index in [-0.39, 0.29) is 12.5 Å². The van der Waals surface area contributed by atoms with Gasteiger partial charge in [-0.3, -0.25) is 4.79 Å². The molecule has 0 spiro atoms. The summed E-state index contributed by atoms with van der Waals surface area (Å²) >= 11 is 0. The smallest absolute Gasteiger partial charge is 0.220 e. The molecule has 386 valence electrons. The monoisotopic (exact) mass is 942 g/mol. The highest BCUT2D eigenvalue weighted by Crippen LogP contribution is 2.30. The van der Waals surface area contributed by atoms with Crippen LogP contribution in [-0.4, -0.2) is 140 Å². The SMILES string of the molecule is CCCCCCC/C=C\C/C=C\C/C=C\CCCCCCCCCCCCCCCCC(=O)NC(COC1OC(CO)C(OC2OC(CO)C(O)C(O)C2O)C(O)C1O)C(O)CCCCC. The number of hydrogen-bond donors (Lipinski definition) is 9. The number of aliphatic hydroxyl groups excluding tert-OH is 8. The van der Waals surface area contributed by atoms with Crippen molar-refractivity contribution in [3.63, 3.8) is 0 Å². The number of carbonyl (C=O) groups excluding carboxylic acids is 1. The number of hydrogen-bond acceptors (Lipinski definition) is 13. The number of nitrogens with one attached hydrogen (secondary N) is 1. The summed E-state index contributed by atoms with van der Waals surface area (Å²) < 4.78 is 22.5. The van der Waals surface area contributed by atoms with Gasteiger partial charge in [-0.25, -0.2) is 0 Å². The Morgan fingerprint density at radius 2 is 1.00 bits per heavy atom. The van der Waals surface area contributed by atoms with Crippen molar-refractivity contribution in [3.8, 4) is 0 Å². The van der Waals surface area contributed by atoms with Crippen LogP contribution >= 0.6 is 0 Å². The van der Waals surface area contributed by atoms with E-state index >= 15 is 0 Å². The second-order valence-electron chi connectivity index (χ2n) is 18.7. The van der Waals surface area contributed by atoms with Crippen LogP contribution in [0.5, 0.6) is 0 Å². The molecule has 12 unspecified atom stereocenters. The number of carbonyl (C=O) groups is 1. The molecule has 0 radical (unpaired) electrons. The lowest BCUT2D eigenvalue weighted by Crippen LogP contribution is -2.65. The second kappa shape index (κ2) is 39.0. The van der Waals surface area contributed by atoms with E-state index in [2.05, 4.69) is 55.6 Å². The summed E-state index contributed by atoms with van der Waals surface area (Å²) in [6.07, 6.45) is 28.5. The fourth-order valence-corrected chi connectivity index (χ4v) is 8.54. The molecule has 2 aliphatic heterocycles. The van der Waals surface area contributed by atoms with Gasteiger partial charge >= 0.3 is 0 Å². The summed E-state index contributed by atoms with van der Waals surface area (Å²) in [4.78, 5) is 13.0. The fraction of sp³-hybridized carbons (Fsp3) is 0.865. The van der Waals surface area contributed by atoms with E-state index in [0.29, 0.717) is 12.8 Å². The lowest BCUT2D eigenvalue weighted by atomic mass is 9.97. The molecule has 2 aliphatic rings. The van der Waals surface area contributed by atoms with Crippen molar-refractivity contribution in [2.24, 2.45) is 0 Å². The third-order valence-electron chi connectivity index (χ3n) is 12.9. The van der Waals surface area contributed by atoms with Gasteiger partial charge in [0.2, 0.25) is 5.91 Å². The minimum absolute atomic E-state index is 0.220. The Hall–Kier alpha value is -1.79. The van der Waals surface area contributed by atoms with Crippen LogP contribution in [0.2, 0.25) is 0 Å². The minimum atomic E-state index is -1.78. The first kappa shape index (κ1) is 60.3. The molecule has 12 atom stereocenters. The second-order valence-corrected chi connectivity index (χ2v) is 18.7. The molecular formula is C52H95NO13. The van der Waals surface area contributed by atoms with E-state index in [1.54, 1.807) is 0 Å². The van der Waals surface area contributed by atoms with Crippen molar-refractivity contribution < 1.29 is 64.6 Å². The molecule has 1 amide bonds. The molecule has 0 aromatic heterocycles. The molecular weight excluding hydrogens is 847 g/mol. The highest BCUT2D eigenvalue weighted by molar-refractivity contribution is 5.76. The molecule has 2 rings (SSSR count). The van der Waals surface area contributed by atoms with Crippen LogP contribution in [0.1, 0.15) is 194 Å². The molecule has 14 nitrogen and oxygen atoms in total. The zero-order valence-corrected chi connectivity index (χ0v) is 40.9. The van der Waals surface area contributed by atoms with E-state index < -0.39 is 86.8 Å². The van der Waals surface area contributed by atoms with E-state index in [9.17, 15) is 45.6 Å². The van der Waals surface area contributed by atoms with Crippen molar-refractivity contribution in [2.75, 3.05) is 19.8 Å². The van der Waals surface area contributed by atoms with E-state index in [0.717, 1.165) is 57.8 Å². The number of aliphatic hydroxyl groups is 8. The molecule has 2 fully saturated rings. The first-order valence-corrected chi connectivity index (χ1v) is 26.2.